The van der Waals surface area contributed by atoms with Crippen molar-refractivity contribution in [3.8, 4) is 28.3 Å². The van der Waals surface area contributed by atoms with E-state index in [0.29, 0.717) is 11.1 Å². The average molecular weight is 369 g/mol. The Morgan fingerprint density at radius 2 is 1.26 bits per heavy atom. The molecule has 3 aromatic rings. The van der Waals surface area contributed by atoms with Gasteiger partial charge in [-0.3, -0.25) is 0 Å². The van der Waals surface area contributed by atoms with Gasteiger partial charge in [0.25, 0.3) is 0 Å². The van der Waals surface area contributed by atoms with Crippen LogP contribution in [0.2, 0.25) is 0 Å². The van der Waals surface area contributed by atoms with Crippen LogP contribution in [0.15, 0.2) is 48.5 Å². The van der Waals surface area contributed by atoms with Crippen molar-refractivity contribution < 1.29 is 17.6 Å². The summed E-state index contributed by atoms with van der Waals surface area (Å²) >= 11 is 0. The number of hydrogen-bond acceptors (Lipinski definition) is 1. The molecule has 27 heavy (non-hydrogen) atoms. The monoisotopic (exact) mass is 369 g/mol. The van der Waals surface area contributed by atoms with Crippen molar-refractivity contribution in [1.29, 1.82) is 5.26 Å². The molecule has 0 N–H and O–H groups in total. The summed E-state index contributed by atoms with van der Waals surface area (Å²) in [4.78, 5) is 0. The lowest BCUT2D eigenvalue weighted by Gasteiger charge is -2.10. The molecule has 3 aromatic carbocycles. The van der Waals surface area contributed by atoms with Crippen LogP contribution in [0.4, 0.5) is 17.6 Å². The molecule has 0 unspecified atom stereocenters. The fraction of sp³-hybridized carbons (Fsp3) is 0.136. The van der Waals surface area contributed by atoms with Gasteiger partial charge in [0.15, 0.2) is 0 Å². The molecule has 0 aliphatic rings. The maximum atomic E-state index is 14.6. The normalized spacial score (nSPS) is 10.7. The molecule has 0 atom stereocenters. The molecular formula is C22H15F4N. The fourth-order valence-electron chi connectivity index (χ4n) is 2.99. The summed E-state index contributed by atoms with van der Waals surface area (Å²) in [5.41, 5.74) is 0.459. The minimum absolute atomic E-state index is 0.302. The lowest BCUT2D eigenvalue weighted by atomic mass is 9.97. The minimum atomic E-state index is -1.16. The summed E-state index contributed by atoms with van der Waals surface area (Å²) in [5.74, 6) is -4.21. The van der Waals surface area contributed by atoms with E-state index in [2.05, 4.69) is 6.92 Å². The molecule has 0 aliphatic heterocycles. The predicted octanol–water partition coefficient (Wildman–Crippen LogP) is 6.40. The average Bonchev–Trinajstić information content (AvgIpc) is 2.62. The van der Waals surface area contributed by atoms with E-state index in [0.717, 1.165) is 42.7 Å². The molecular weight excluding hydrogens is 354 g/mol. The van der Waals surface area contributed by atoms with Gasteiger partial charge < -0.3 is 0 Å². The summed E-state index contributed by atoms with van der Waals surface area (Å²) in [6, 6.07) is 12.5. The van der Waals surface area contributed by atoms with Crippen molar-refractivity contribution in [2.45, 2.75) is 19.8 Å². The van der Waals surface area contributed by atoms with Crippen LogP contribution in [0, 0.1) is 34.6 Å². The summed E-state index contributed by atoms with van der Waals surface area (Å²) in [6.07, 6.45) is 1.91. The third kappa shape index (κ3) is 3.70. The van der Waals surface area contributed by atoms with Crippen LogP contribution < -0.4 is 0 Å². The molecule has 0 aromatic heterocycles. The van der Waals surface area contributed by atoms with Crippen molar-refractivity contribution >= 4 is 0 Å². The Kier molecular flexibility index (Phi) is 5.27. The van der Waals surface area contributed by atoms with Crippen LogP contribution in [-0.4, -0.2) is 0 Å². The Morgan fingerprint density at radius 3 is 1.74 bits per heavy atom. The molecule has 1 nitrogen and oxygen atoms in total. The summed E-state index contributed by atoms with van der Waals surface area (Å²) in [7, 11) is 0. The molecule has 0 radical (unpaired) electrons. The topological polar surface area (TPSA) is 23.8 Å². The van der Waals surface area contributed by atoms with Gasteiger partial charge in [0.05, 0.1) is 5.56 Å². The second-order valence-corrected chi connectivity index (χ2v) is 6.19. The number of aryl methyl sites for hydroxylation is 1. The first-order valence-electron chi connectivity index (χ1n) is 8.42. The van der Waals surface area contributed by atoms with E-state index >= 15 is 0 Å². The smallest absolute Gasteiger partial charge is 0.144 e. The zero-order valence-electron chi connectivity index (χ0n) is 14.5. The molecule has 0 aliphatic carbocycles. The molecule has 0 saturated carbocycles. The van der Waals surface area contributed by atoms with Crippen LogP contribution in [0.1, 0.15) is 24.5 Å². The van der Waals surface area contributed by atoms with Gasteiger partial charge in [-0.2, -0.15) is 5.26 Å². The molecule has 0 spiro atoms. The number of rotatable bonds is 4. The van der Waals surface area contributed by atoms with E-state index in [1.807, 2.05) is 12.1 Å². The standard InChI is InChI=1S/C22H15F4N/c1-2-3-13-4-6-14(7-5-13)15-8-20(25)22(21(26)9-15)16-10-18(23)17(12-27)19(24)11-16/h4-11H,2-3H2,1H3. The SMILES string of the molecule is CCCc1ccc(-c2cc(F)c(-c3cc(F)c(C#N)c(F)c3)c(F)c2)cc1. The van der Waals surface area contributed by atoms with E-state index < -0.39 is 34.4 Å². The lowest BCUT2D eigenvalue weighted by Crippen LogP contribution is -1.97. The molecule has 0 saturated heterocycles. The second-order valence-electron chi connectivity index (χ2n) is 6.19. The van der Waals surface area contributed by atoms with Crippen molar-refractivity contribution in [1.82, 2.24) is 0 Å². The van der Waals surface area contributed by atoms with E-state index in [-0.39, 0.29) is 5.56 Å². The summed E-state index contributed by atoms with van der Waals surface area (Å²) in [6.45, 7) is 2.06. The van der Waals surface area contributed by atoms with E-state index in [1.165, 1.54) is 6.07 Å². The summed E-state index contributed by atoms with van der Waals surface area (Å²) in [5, 5.41) is 8.71. The first-order valence-corrected chi connectivity index (χ1v) is 8.42. The van der Waals surface area contributed by atoms with Crippen LogP contribution in [-0.2, 0) is 6.42 Å². The quantitative estimate of drug-likeness (QED) is 0.488. The predicted molar refractivity (Wildman–Crippen MR) is 95.9 cm³/mol. The van der Waals surface area contributed by atoms with Gasteiger partial charge >= 0.3 is 0 Å². The Bertz CT molecular complexity index is 987. The van der Waals surface area contributed by atoms with Gasteiger partial charge in [0.1, 0.15) is 34.9 Å². The maximum absolute atomic E-state index is 14.6. The zero-order valence-corrected chi connectivity index (χ0v) is 14.5. The van der Waals surface area contributed by atoms with Gasteiger partial charge in [-0.25, -0.2) is 17.6 Å². The van der Waals surface area contributed by atoms with Crippen molar-refractivity contribution in [3.05, 3.63) is 82.9 Å². The highest BCUT2D eigenvalue weighted by Gasteiger charge is 2.18. The van der Waals surface area contributed by atoms with Crippen LogP contribution in [0.3, 0.4) is 0 Å². The lowest BCUT2D eigenvalue weighted by molar-refractivity contribution is 0.573. The Balaban J connectivity index is 2.05. The van der Waals surface area contributed by atoms with E-state index in [4.69, 9.17) is 5.26 Å². The maximum Gasteiger partial charge on any atom is 0.144 e. The van der Waals surface area contributed by atoms with E-state index in [9.17, 15) is 17.6 Å². The highest BCUT2D eigenvalue weighted by atomic mass is 19.1. The Hall–Kier alpha value is -3.13. The molecule has 136 valence electrons. The van der Waals surface area contributed by atoms with Crippen molar-refractivity contribution in [2.75, 3.05) is 0 Å². The number of nitriles is 1. The van der Waals surface area contributed by atoms with Crippen molar-refractivity contribution in [3.63, 3.8) is 0 Å². The highest BCUT2D eigenvalue weighted by molar-refractivity contribution is 5.72. The molecule has 0 amide bonds. The zero-order chi connectivity index (χ0) is 19.6. The largest absolute Gasteiger partial charge is 0.206 e. The third-order valence-electron chi connectivity index (χ3n) is 4.31. The molecule has 0 fully saturated rings. The van der Waals surface area contributed by atoms with Crippen LogP contribution >= 0.6 is 0 Å². The van der Waals surface area contributed by atoms with Gasteiger partial charge in [0, 0.05) is 0 Å². The van der Waals surface area contributed by atoms with Crippen LogP contribution in [0.25, 0.3) is 22.3 Å². The van der Waals surface area contributed by atoms with Gasteiger partial charge in [-0.1, -0.05) is 37.6 Å². The molecule has 3 rings (SSSR count). The number of nitrogens with zero attached hydrogens (tertiary/aromatic N) is 1. The van der Waals surface area contributed by atoms with Gasteiger partial charge in [-0.15, -0.1) is 0 Å². The highest BCUT2D eigenvalue weighted by Crippen LogP contribution is 2.32. The molecule has 0 heterocycles. The van der Waals surface area contributed by atoms with Gasteiger partial charge in [0.2, 0.25) is 0 Å². The summed E-state index contributed by atoms with van der Waals surface area (Å²) < 4.78 is 56.8. The third-order valence-corrected chi connectivity index (χ3v) is 4.31. The second kappa shape index (κ2) is 7.63. The first kappa shape index (κ1) is 18.7. The number of benzene rings is 3. The fourth-order valence-corrected chi connectivity index (χ4v) is 2.99. The molecule has 0 bridgehead atoms. The number of hydrogen-bond donors (Lipinski definition) is 0. The van der Waals surface area contributed by atoms with Crippen LogP contribution in [0.5, 0.6) is 0 Å². The number of halogens is 4. The Labute approximate surface area is 154 Å². The van der Waals surface area contributed by atoms with Crippen molar-refractivity contribution in [2.24, 2.45) is 0 Å². The molecule has 5 heteroatoms. The first-order chi connectivity index (χ1) is 12.9. The minimum Gasteiger partial charge on any atom is -0.206 e. The Morgan fingerprint density at radius 1 is 0.741 bits per heavy atom. The van der Waals surface area contributed by atoms with E-state index in [1.54, 1.807) is 12.1 Å². The van der Waals surface area contributed by atoms with Gasteiger partial charge in [-0.05, 0) is 52.9 Å².